The molecule has 0 spiro atoms. The van der Waals surface area contributed by atoms with Crippen LogP contribution in [0.15, 0.2) is 95.6 Å². The zero-order chi connectivity index (χ0) is 18.5. The molecule has 0 saturated heterocycles. The summed E-state index contributed by atoms with van der Waals surface area (Å²) in [5.74, 6) is 0.534. The summed E-state index contributed by atoms with van der Waals surface area (Å²) in [4.78, 5) is 16.6. The molecule has 1 heterocycles. The maximum Gasteiger partial charge on any atom is 0.363 e. The highest BCUT2D eigenvalue weighted by atomic mass is 16.6. The number of nitrogens with zero attached hydrogens (tertiary/aromatic N) is 1. The second kappa shape index (κ2) is 7.70. The van der Waals surface area contributed by atoms with Crippen LogP contribution in [0.25, 0.3) is 6.08 Å². The van der Waals surface area contributed by atoms with Crippen LogP contribution in [-0.4, -0.2) is 11.9 Å². The van der Waals surface area contributed by atoms with Crippen molar-refractivity contribution in [3.8, 4) is 5.75 Å². The van der Waals surface area contributed by atoms with Crippen LogP contribution in [0.4, 0.5) is 0 Å². The van der Waals surface area contributed by atoms with Gasteiger partial charge < -0.3 is 9.47 Å². The molecule has 0 amide bonds. The van der Waals surface area contributed by atoms with E-state index in [2.05, 4.69) is 4.99 Å². The first-order chi connectivity index (χ1) is 13.3. The molecular weight excluding hydrogens is 338 g/mol. The van der Waals surface area contributed by atoms with Crippen molar-refractivity contribution >= 4 is 17.9 Å². The van der Waals surface area contributed by atoms with E-state index in [4.69, 9.17) is 9.47 Å². The predicted octanol–water partition coefficient (Wildman–Crippen LogP) is 4.61. The number of hydrogen-bond acceptors (Lipinski definition) is 4. The van der Waals surface area contributed by atoms with Crippen molar-refractivity contribution in [2.24, 2.45) is 4.99 Å². The predicted molar refractivity (Wildman–Crippen MR) is 104 cm³/mol. The number of esters is 1. The Balaban J connectivity index is 1.58. The number of ether oxygens (including phenoxy) is 2. The SMILES string of the molecule is O=C1OC(c2ccccc2)=NC1=Cc1ccccc1OCc1ccccc1. The molecule has 4 rings (SSSR count). The van der Waals surface area contributed by atoms with Gasteiger partial charge in [-0.15, -0.1) is 0 Å². The van der Waals surface area contributed by atoms with Gasteiger partial charge in [0, 0.05) is 11.1 Å². The second-order valence-electron chi connectivity index (χ2n) is 6.01. The molecule has 4 nitrogen and oxygen atoms in total. The van der Waals surface area contributed by atoms with Crippen LogP contribution < -0.4 is 4.74 Å². The number of carbonyl (C=O) groups excluding carboxylic acids is 1. The number of cyclic esters (lactones) is 1. The minimum absolute atomic E-state index is 0.254. The third-order valence-electron chi connectivity index (χ3n) is 4.09. The van der Waals surface area contributed by atoms with E-state index in [1.807, 2.05) is 84.9 Å². The lowest BCUT2D eigenvalue weighted by Gasteiger charge is -2.09. The van der Waals surface area contributed by atoms with Crippen molar-refractivity contribution in [1.82, 2.24) is 0 Å². The quantitative estimate of drug-likeness (QED) is 0.496. The van der Waals surface area contributed by atoms with Crippen LogP contribution in [0.3, 0.4) is 0 Å². The van der Waals surface area contributed by atoms with Crippen molar-refractivity contribution in [2.45, 2.75) is 6.61 Å². The topological polar surface area (TPSA) is 47.9 Å². The number of hydrogen-bond donors (Lipinski definition) is 0. The first kappa shape index (κ1) is 16.8. The summed E-state index contributed by atoms with van der Waals surface area (Å²) < 4.78 is 11.2. The number of rotatable bonds is 5. The minimum Gasteiger partial charge on any atom is -0.488 e. The standard InChI is InChI=1S/C23H17NO3/c25-23-20(24-22(27-23)18-11-5-2-6-12-18)15-19-13-7-8-14-21(19)26-16-17-9-3-1-4-10-17/h1-15H,16H2. The van der Waals surface area contributed by atoms with Crippen LogP contribution >= 0.6 is 0 Å². The van der Waals surface area contributed by atoms with Gasteiger partial charge in [-0.2, -0.15) is 0 Å². The summed E-state index contributed by atoms with van der Waals surface area (Å²) in [6, 6.07) is 26.8. The van der Waals surface area contributed by atoms with Gasteiger partial charge in [-0.1, -0.05) is 66.7 Å². The van der Waals surface area contributed by atoms with E-state index in [0.29, 0.717) is 18.3 Å². The highest BCUT2D eigenvalue weighted by molar-refractivity contribution is 6.12. The molecule has 0 N–H and O–H groups in total. The van der Waals surface area contributed by atoms with Gasteiger partial charge in [0.1, 0.15) is 12.4 Å². The highest BCUT2D eigenvalue weighted by Gasteiger charge is 2.24. The Bertz CT molecular complexity index is 1010. The molecule has 27 heavy (non-hydrogen) atoms. The van der Waals surface area contributed by atoms with Crippen molar-refractivity contribution in [1.29, 1.82) is 0 Å². The van der Waals surface area contributed by atoms with Crippen molar-refractivity contribution < 1.29 is 14.3 Å². The van der Waals surface area contributed by atoms with E-state index >= 15 is 0 Å². The van der Waals surface area contributed by atoms with E-state index in [1.165, 1.54) is 0 Å². The molecular formula is C23H17NO3. The molecule has 0 fully saturated rings. The van der Waals surface area contributed by atoms with E-state index in [-0.39, 0.29) is 5.70 Å². The van der Waals surface area contributed by atoms with Crippen LogP contribution in [0, 0.1) is 0 Å². The van der Waals surface area contributed by atoms with Crippen molar-refractivity contribution in [2.75, 3.05) is 0 Å². The Morgan fingerprint density at radius 3 is 2.30 bits per heavy atom. The molecule has 0 aromatic heterocycles. The summed E-state index contributed by atoms with van der Waals surface area (Å²) in [5, 5.41) is 0. The summed E-state index contributed by atoms with van der Waals surface area (Å²) >= 11 is 0. The number of para-hydroxylation sites is 1. The smallest absolute Gasteiger partial charge is 0.363 e. The third kappa shape index (κ3) is 3.96. The van der Waals surface area contributed by atoms with E-state index in [1.54, 1.807) is 6.08 Å². The maximum absolute atomic E-state index is 12.2. The van der Waals surface area contributed by atoms with E-state index in [0.717, 1.165) is 16.7 Å². The van der Waals surface area contributed by atoms with Gasteiger partial charge in [0.15, 0.2) is 5.70 Å². The molecule has 1 aliphatic rings. The third-order valence-corrected chi connectivity index (χ3v) is 4.09. The van der Waals surface area contributed by atoms with Crippen LogP contribution in [0.2, 0.25) is 0 Å². The van der Waals surface area contributed by atoms with Gasteiger partial charge in [0.05, 0.1) is 0 Å². The molecule has 3 aromatic rings. The summed E-state index contributed by atoms with van der Waals surface area (Å²) in [6.07, 6.45) is 1.69. The largest absolute Gasteiger partial charge is 0.488 e. The second-order valence-corrected chi connectivity index (χ2v) is 6.01. The lowest BCUT2D eigenvalue weighted by molar-refractivity contribution is -0.129. The fourth-order valence-electron chi connectivity index (χ4n) is 2.73. The fourth-order valence-corrected chi connectivity index (χ4v) is 2.73. The van der Waals surface area contributed by atoms with Crippen LogP contribution in [0.5, 0.6) is 5.75 Å². The van der Waals surface area contributed by atoms with Gasteiger partial charge in [-0.05, 0) is 29.8 Å². The van der Waals surface area contributed by atoms with Crippen molar-refractivity contribution in [3.05, 3.63) is 107 Å². The average molecular weight is 355 g/mol. The molecule has 0 aliphatic carbocycles. The monoisotopic (exact) mass is 355 g/mol. The minimum atomic E-state index is -0.466. The van der Waals surface area contributed by atoms with E-state index < -0.39 is 5.97 Å². The van der Waals surface area contributed by atoms with Gasteiger partial charge in [-0.25, -0.2) is 9.79 Å². The molecule has 3 aromatic carbocycles. The molecule has 0 saturated carbocycles. The fraction of sp³-hybridized carbons (Fsp3) is 0.0435. The molecule has 0 radical (unpaired) electrons. The summed E-state index contributed by atoms with van der Waals surface area (Å²) in [5.41, 5.74) is 2.87. The zero-order valence-corrected chi connectivity index (χ0v) is 14.5. The normalized spacial score (nSPS) is 14.7. The van der Waals surface area contributed by atoms with Gasteiger partial charge in [0.25, 0.3) is 0 Å². The highest BCUT2D eigenvalue weighted by Crippen LogP contribution is 2.25. The first-order valence-electron chi connectivity index (χ1n) is 8.63. The molecule has 4 heteroatoms. The molecule has 1 aliphatic heterocycles. The first-order valence-corrected chi connectivity index (χ1v) is 8.63. The Morgan fingerprint density at radius 2 is 1.52 bits per heavy atom. The Morgan fingerprint density at radius 1 is 0.852 bits per heavy atom. The van der Waals surface area contributed by atoms with E-state index in [9.17, 15) is 4.79 Å². The Hall–Kier alpha value is -3.66. The van der Waals surface area contributed by atoms with Crippen LogP contribution in [0.1, 0.15) is 16.7 Å². The molecule has 0 unspecified atom stereocenters. The lowest BCUT2D eigenvalue weighted by Crippen LogP contribution is -2.05. The lowest BCUT2D eigenvalue weighted by atomic mass is 10.1. The van der Waals surface area contributed by atoms with Crippen molar-refractivity contribution in [3.63, 3.8) is 0 Å². The van der Waals surface area contributed by atoms with Gasteiger partial charge >= 0.3 is 5.97 Å². The molecule has 132 valence electrons. The summed E-state index contributed by atoms with van der Waals surface area (Å²) in [6.45, 7) is 0.448. The number of benzene rings is 3. The number of aliphatic imine (C=N–C) groups is 1. The molecule has 0 bridgehead atoms. The van der Waals surface area contributed by atoms with Gasteiger partial charge in [0.2, 0.25) is 5.90 Å². The maximum atomic E-state index is 12.2. The average Bonchev–Trinajstić information content (AvgIpc) is 3.09. The Kier molecular flexibility index (Phi) is 4.79. The Labute approximate surface area is 157 Å². The zero-order valence-electron chi connectivity index (χ0n) is 14.5. The number of carbonyl (C=O) groups is 1. The molecule has 0 atom stereocenters. The van der Waals surface area contributed by atoms with Crippen LogP contribution in [-0.2, 0) is 16.1 Å². The van der Waals surface area contributed by atoms with Gasteiger partial charge in [-0.3, -0.25) is 0 Å². The summed E-state index contributed by atoms with van der Waals surface area (Å²) in [7, 11) is 0.